The summed E-state index contributed by atoms with van der Waals surface area (Å²) in [5.41, 5.74) is 1.38. The van der Waals surface area contributed by atoms with Gasteiger partial charge in [0.25, 0.3) is 5.91 Å². The number of hydrogen-bond donors (Lipinski definition) is 2. The second-order valence-corrected chi connectivity index (χ2v) is 5.58. The van der Waals surface area contributed by atoms with Gasteiger partial charge in [0.2, 0.25) is 0 Å². The largest absolute Gasteiger partial charge is 0.369 e. The van der Waals surface area contributed by atoms with Crippen LogP contribution in [0.5, 0.6) is 0 Å². The van der Waals surface area contributed by atoms with Crippen molar-refractivity contribution in [1.29, 1.82) is 0 Å². The average molecular weight is 298 g/mol. The zero-order valence-electron chi connectivity index (χ0n) is 13.0. The number of carbonyl (C=O) groups excluding carboxylic acids is 1. The lowest BCUT2D eigenvalue weighted by Gasteiger charge is -2.08. The summed E-state index contributed by atoms with van der Waals surface area (Å²) in [5.74, 6) is 1.12. The Balaban J connectivity index is 1.83. The molecule has 2 rings (SSSR count). The van der Waals surface area contributed by atoms with Gasteiger partial charge >= 0.3 is 0 Å². The van der Waals surface area contributed by atoms with Crippen LogP contribution in [0.4, 0.5) is 5.82 Å². The summed E-state index contributed by atoms with van der Waals surface area (Å²) in [6, 6.07) is 13.2. The van der Waals surface area contributed by atoms with Crippen molar-refractivity contribution in [3.63, 3.8) is 0 Å². The normalized spacial score (nSPS) is 10.5. The molecule has 0 saturated carbocycles. The van der Waals surface area contributed by atoms with Gasteiger partial charge in [0.1, 0.15) is 5.82 Å². The Morgan fingerprint density at radius 3 is 2.50 bits per heavy atom. The first-order chi connectivity index (χ1) is 10.6. The van der Waals surface area contributed by atoms with Crippen molar-refractivity contribution in [3.8, 4) is 0 Å². The minimum Gasteiger partial charge on any atom is -0.369 e. The fourth-order valence-corrected chi connectivity index (χ4v) is 1.91. The third-order valence-corrected chi connectivity index (χ3v) is 3.22. The van der Waals surface area contributed by atoms with Crippen LogP contribution in [0.15, 0.2) is 42.5 Å². The van der Waals surface area contributed by atoms with Gasteiger partial charge in [0.15, 0.2) is 5.69 Å². The number of nitrogens with zero attached hydrogens (tertiary/aromatic N) is 2. The minimum absolute atomic E-state index is 0.218. The molecule has 0 unspecified atom stereocenters. The molecule has 0 aliphatic carbocycles. The number of rotatable bonds is 7. The van der Waals surface area contributed by atoms with Gasteiger partial charge in [0.05, 0.1) is 0 Å². The van der Waals surface area contributed by atoms with Crippen molar-refractivity contribution in [2.24, 2.45) is 5.92 Å². The van der Waals surface area contributed by atoms with Crippen molar-refractivity contribution < 1.29 is 4.79 Å². The Hall–Kier alpha value is -2.43. The molecule has 116 valence electrons. The van der Waals surface area contributed by atoms with Crippen LogP contribution in [0.2, 0.25) is 0 Å². The third kappa shape index (κ3) is 5.16. The van der Waals surface area contributed by atoms with E-state index in [0.717, 1.165) is 18.5 Å². The number of anilines is 1. The molecule has 0 bridgehead atoms. The monoisotopic (exact) mass is 298 g/mol. The van der Waals surface area contributed by atoms with Crippen LogP contribution in [0.3, 0.4) is 0 Å². The van der Waals surface area contributed by atoms with Gasteiger partial charge in [-0.2, -0.15) is 0 Å². The topological polar surface area (TPSA) is 66.9 Å². The molecule has 0 fully saturated rings. The lowest BCUT2D eigenvalue weighted by atomic mass is 10.1. The number of benzene rings is 1. The van der Waals surface area contributed by atoms with Crippen LogP contribution in [0.25, 0.3) is 0 Å². The molecule has 2 N–H and O–H groups in total. The molecule has 0 spiro atoms. The van der Waals surface area contributed by atoms with Crippen molar-refractivity contribution >= 4 is 11.7 Å². The molecule has 1 aromatic carbocycles. The second kappa shape index (κ2) is 8.12. The maximum absolute atomic E-state index is 12.0. The summed E-state index contributed by atoms with van der Waals surface area (Å²) in [5, 5.41) is 14.0. The highest BCUT2D eigenvalue weighted by molar-refractivity contribution is 5.92. The highest BCUT2D eigenvalue weighted by atomic mass is 16.1. The van der Waals surface area contributed by atoms with Crippen molar-refractivity contribution in [3.05, 3.63) is 53.7 Å². The summed E-state index contributed by atoms with van der Waals surface area (Å²) >= 11 is 0. The van der Waals surface area contributed by atoms with Crippen LogP contribution in [-0.2, 0) is 6.54 Å². The molecule has 1 amide bonds. The van der Waals surface area contributed by atoms with E-state index in [1.165, 1.54) is 0 Å². The summed E-state index contributed by atoms with van der Waals surface area (Å²) in [4.78, 5) is 12.0. The molecule has 0 aliphatic heterocycles. The van der Waals surface area contributed by atoms with E-state index in [1.54, 1.807) is 12.1 Å². The highest BCUT2D eigenvalue weighted by Crippen LogP contribution is 2.05. The van der Waals surface area contributed by atoms with Gasteiger partial charge in [-0.25, -0.2) is 0 Å². The number of nitrogens with one attached hydrogen (secondary N) is 2. The van der Waals surface area contributed by atoms with E-state index in [-0.39, 0.29) is 5.91 Å². The molecule has 5 heteroatoms. The van der Waals surface area contributed by atoms with Gasteiger partial charge in [-0.3, -0.25) is 4.79 Å². The Bertz CT molecular complexity index is 581. The SMILES string of the molecule is CC(C)CCNc1ccc(C(=O)NCc2ccccc2)nn1. The van der Waals surface area contributed by atoms with E-state index in [9.17, 15) is 4.79 Å². The smallest absolute Gasteiger partial charge is 0.272 e. The van der Waals surface area contributed by atoms with Crippen LogP contribution < -0.4 is 10.6 Å². The molecule has 0 aliphatic rings. The zero-order chi connectivity index (χ0) is 15.8. The minimum atomic E-state index is -0.218. The molecule has 2 aromatic rings. The number of hydrogen-bond acceptors (Lipinski definition) is 4. The lowest BCUT2D eigenvalue weighted by molar-refractivity contribution is 0.0945. The van der Waals surface area contributed by atoms with E-state index >= 15 is 0 Å². The summed E-state index contributed by atoms with van der Waals surface area (Å²) in [6.07, 6.45) is 1.07. The van der Waals surface area contributed by atoms with Crippen molar-refractivity contribution in [2.45, 2.75) is 26.8 Å². The second-order valence-electron chi connectivity index (χ2n) is 5.58. The van der Waals surface area contributed by atoms with Crippen LogP contribution in [-0.4, -0.2) is 22.6 Å². The Kier molecular flexibility index (Phi) is 5.89. The zero-order valence-corrected chi connectivity index (χ0v) is 13.0. The van der Waals surface area contributed by atoms with Crippen LogP contribution in [0, 0.1) is 5.92 Å². The molecule has 0 atom stereocenters. The maximum atomic E-state index is 12.0. The van der Waals surface area contributed by atoms with E-state index < -0.39 is 0 Å². The highest BCUT2D eigenvalue weighted by Gasteiger charge is 2.07. The first-order valence-corrected chi connectivity index (χ1v) is 7.55. The molecular weight excluding hydrogens is 276 g/mol. The van der Waals surface area contributed by atoms with Crippen LogP contribution >= 0.6 is 0 Å². The first kappa shape index (κ1) is 15.9. The van der Waals surface area contributed by atoms with Gasteiger partial charge in [-0.15, -0.1) is 10.2 Å². The van der Waals surface area contributed by atoms with Gasteiger partial charge in [-0.05, 0) is 30.0 Å². The molecule has 1 heterocycles. The van der Waals surface area contributed by atoms with E-state index in [0.29, 0.717) is 24.0 Å². The standard InChI is InChI=1S/C17H22N4O/c1-13(2)10-11-18-16-9-8-15(20-21-16)17(22)19-12-14-6-4-3-5-7-14/h3-9,13H,10-12H2,1-2H3,(H,18,21)(H,19,22). The molecule has 22 heavy (non-hydrogen) atoms. The lowest BCUT2D eigenvalue weighted by Crippen LogP contribution is -2.24. The van der Waals surface area contributed by atoms with Crippen molar-refractivity contribution in [1.82, 2.24) is 15.5 Å². The summed E-state index contributed by atoms with van der Waals surface area (Å²) < 4.78 is 0. The molecule has 5 nitrogen and oxygen atoms in total. The predicted octanol–water partition coefficient (Wildman–Crippen LogP) is 2.86. The molecule has 0 saturated heterocycles. The fourth-order valence-electron chi connectivity index (χ4n) is 1.91. The molecule has 0 radical (unpaired) electrons. The number of carbonyl (C=O) groups is 1. The summed E-state index contributed by atoms with van der Waals surface area (Å²) in [6.45, 7) is 5.68. The van der Waals surface area contributed by atoms with Gasteiger partial charge < -0.3 is 10.6 Å². The van der Waals surface area contributed by atoms with E-state index in [2.05, 4.69) is 34.7 Å². The fraction of sp³-hybridized carbons (Fsp3) is 0.353. The van der Waals surface area contributed by atoms with Gasteiger partial charge in [0, 0.05) is 13.1 Å². The summed E-state index contributed by atoms with van der Waals surface area (Å²) in [7, 11) is 0. The van der Waals surface area contributed by atoms with E-state index in [1.807, 2.05) is 30.3 Å². The molecule has 1 aromatic heterocycles. The van der Waals surface area contributed by atoms with Crippen LogP contribution in [0.1, 0.15) is 36.3 Å². The number of amides is 1. The average Bonchev–Trinajstić information content (AvgIpc) is 2.54. The quantitative estimate of drug-likeness (QED) is 0.825. The maximum Gasteiger partial charge on any atom is 0.272 e. The predicted molar refractivity (Wildman–Crippen MR) is 87.6 cm³/mol. The Morgan fingerprint density at radius 2 is 1.86 bits per heavy atom. The number of aromatic nitrogens is 2. The Labute approximate surface area is 131 Å². The van der Waals surface area contributed by atoms with Crippen molar-refractivity contribution in [2.75, 3.05) is 11.9 Å². The van der Waals surface area contributed by atoms with Gasteiger partial charge in [-0.1, -0.05) is 44.2 Å². The third-order valence-electron chi connectivity index (χ3n) is 3.22. The molecular formula is C17H22N4O. The first-order valence-electron chi connectivity index (χ1n) is 7.55. The Morgan fingerprint density at radius 1 is 1.09 bits per heavy atom. The van der Waals surface area contributed by atoms with E-state index in [4.69, 9.17) is 0 Å².